The van der Waals surface area contributed by atoms with Gasteiger partial charge in [-0.2, -0.15) is 5.10 Å². The van der Waals surface area contributed by atoms with Crippen LogP contribution in [0.2, 0.25) is 0 Å². The summed E-state index contributed by atoms with van der Waals surface area (Å²) in [6, 6.07) is 1.43. The molecule has 0 fully saturated rings. The SMILES string of the molecule is O=C(O)c1ccn(CC=CCl)n1. The van der Waals surface area contributed by atoms with E-state index in [9.17, 15) is 4.79 Å². The van der Waals surface area contributed by atoms with Gasteiger partial charge in [0.05, 0.1) is 6.54 Å². The Balaban J connectivity index is 2.70. The van der Waals surface area contributed by atoms with Crippen molar-refractivity contribution in [2.75, 3.05) is 0 Å². The average molecular weight is 187 g/mol. The number of aromatic nitrogens is 2. The fraction of sp³-hybridized carbons (Fsp3) is 0.143. The lowest BCUT2D eigenvalue weighted by atomic mass is 10.5. The van der Waals surface area contributed by atoms with Gasteiger partial charge in [-0.3, -0.25) is 4.68 Å². The number of carboxylic acid groups (broad SMARTS) is 1. The molecule has 0 bridgehead atoms. The maximum atomic E-state index is 10.4. The number of carbonyl (C=O) groups is 1. The zero-order valence-corrected chi connectivity index (χ0v) is 6.90. The van der Waals surface area contributed by atoms with E-state index in [0.29, 0.717) is 6.54 Å². The minimum Gasteiger partial charge on any atom is -0.476 e. The number of halogens is 1. The van der Waals surface area contributed by atoms with Gasteiger partial charge in [-0.15, -0.1) is 0 Å². The molecule has 1 rings (SSSR count). The molecule has 0 unspecified atom stereocenters. The first-order chi connectivity index (χ1) is 5.74. The summed E-state index contributed by atoms with van der Waals surface area (Å²) in [5, 5.41) is 12.3. The molecule has 0 spiro atoms. The number of rotatable bonds is 3. The normalized spacial score (nSPS) is 10.8. The summed E-state index contributed by atoms with van der Waals surface area (Å²) in [5.41, 5.74) is 1.40. The zero-order valence-electron chi connectivity index (χ0n) is 6.14. The van der Waals surface area contributed by atoms with E-state index in [1.54, 1.807) is 12.3 Å². The zero-order chi connectivity index (χ0) is 8.97. The second-order valence-electron chi connectivity index (χ2n) is 2.09. The Bertz CT molecular complexity index is 306. The molecule has 12 heavy (non-hydrogen) atoms. The van der Waals surface area contributed by atoms with E-state index >= 15 is 0 Å². The van der Waals surface area contributed by atoms with Crippen molar-refractivity contribution in [2.45, 2.75) is 6.54 Å². The summed E-state index contributed by atoms with van der Waals surface area (Å²) in [7, 11) is 0. The summed E-state index contributed by atoms with van der Waals surface area (Å²) in [6.07, 6.45) is 3.25. The van der Waals surface area contributed by atoms with Crippen LogP contribution in [0.5, 0.6) is 0 Å². The van der Waals surface area contributed by atoms with Gasteiger partial charge in [-0.05, 0) is 6.07 Å². The average Bonchev–Trinajstić information content (AvgIpc) is 2.48. The third-order valence-corrected chi connectivity index (χ3v) is 1.42. The summed E-state index contributed by atoms with van der Waals surface area (Å²) in [5.74, 6) is -1.02. The smallest absolute Gasteiger partial charge is 0.356 e. The first-order valence-corrected chi connectivity index (χ1v) is 3.69. The van der Waals surface area contributed by atoms with Crippen LogP contribution in [0.3, 0.4) is 0 Å². The van der Waals surface area contributed by atoms with E-state index in [1.165, 1.54) is 16.3 Å². The lowest BCUT2D eigenvalue weighted by molar-refractivity contribution is 0.0689. The highest BCUT2D eigenvalue weighted by molar-refractivity contribution is 6.25. The van der Waals surface area contributed by atoms with Crippen LogP contribution in [0, 0.1) is 0 Å². The van der Waals surface area contributed by atoms with Gasteiger partial charge >= 0.3 is 5.97 Å². The van der Waals surface area contributed by atoms with Crippen molar-refractivity contribution in [3.63, 3.8) is 0 Å². The number of carboxylic acids is 1. The molecule has 0 saturated heterocycles. The van der Waals surface area contributed by atoms with Crippen molar-refractivity contribution in [3.05, 3.63) is 29.6 Å². The number of nitrogens with zero attached hydrogens (tertiary/aromatic N) is 2. The van der Waals surface area contributed by atoms with Gasteiger partial charge in [0.1, 0.15) is 0 Å². The molecule has 1 aromatic rings. The van der Waals surface area contributed by atoms with Gasteiger partial charge in [0.25, 0.3) is 0 Å². The second-order valence-corrected chi connectivity index (χ2v) is 2.34. The molecule has 1 heterocycles. The lowest BCUT2D eigenvalue weighted by Gasteiger charge is -1.91. The Kier molecular flexibility index (Phi) is 2.88. The highest BCUT2D eigenvalue weighted by Gasteiger charge is 2.04. The van der Waals surface area contributed by atoms with Crippen LogP contribution in [-0.4, -0.2) is 20.9 Å². The van der Waals surface area contributed by atoms with Gasteiger partial charge < -0.3 is 5.11 Å². The molecule has 0 aliphatic rings. The van der Waals surface area contributed by atoms with Crippen molar-refractivity contribution in [2.24, 2.45) is 0 Å². The first-order valence-electron chi connectivity index (χ1n) is 3.26. The highest BCUT2D eigenvalue weighted by Crippen LogP contribution is 1.95. The van der Waals surface area contributed by atoms with Crippen molar-refractivity contribution in [3.8, 4) is 0 Å². The minimum atomic E-state index is -1.02. The number of hydrogen-bond acceptors (Lipinski definition) is 2. The van der Waals surface area contributed by atoms with E-state index in [2.05, 4.69) is 5.10 Å². The summed E-state index contributed by atoms with van der Waals surface area (Å²) in [6.45, 7) is 0.483. The van der Waals surface area contributed by atoms with E-state index < -0.39 is 5.97 Å². The molecular formula is C7H7ClN2O2. The predicted octanol–water partition coefficient (Wildman–Crippen LogP) is 1.33. The molecule has 4 nitrogen and oxygen atoms in total. The molecule has 0 aromatic carbocycles. The largest absolute Gasteiger partial charge is 0.476 e. The van der Waals surface area contributed by atoms with Gasteiger partial charge in [0.2, 0.25) is 0 Å². The van der Waals surface area contributed by atoms with Crippen LogP contribution < -0.4 is 0 Å². The van der Waals surface area contributed by atoms with Crippen molar-refractivity contribution >= 4 is 17.6 Å². The monoisotopic (exact) mass is 186 g/mol. The topological polar surface area (TPSA) is 55.1 Å². The van der Waals surface area contributed by atoms with Crippen LogP contribution in [0.15, 0.2) is 23.9 Å². The minimum absolute atomic E-state index is 0.0398. The fourth-order valence-corrected chi connectivity index (χ4v) is 0.805. The molecule has 1 N–H and O–H groups in total. The van der Waals surface area contributed by atoms with Gasteiger partial charge in [0, 0.05) is 11.7 Å². The Morgan fingerprint density at radius 3 is 3.08 bits per heavy atom. The van der Waals surface area contributed by atoms with Crippen molar-refractivity contribution in [1.82, 2.24) is 9.78 Å². The fourth-order valence-electron chi connectivity index (χ4n) is 0.725. The predicted molar refractivity (Wildman–Crippen MR) is 44.2 cm³/mol. The maximum Gasteiger partial charge on any atom is 0.356 e. The molecule has 0 aliphatic carbocycles. The summed E-state index contributed by atoms with van der Waals surface area (Å²) >= 11 is 5.28. The Labute approximate surface area is 74.1 Å². The van der Waals surface area contributed by atoms with Crippen LogP contribution in [0.4, 0.5) is 0 Å². The van der Waals surface area contributed by atoms with E-state index in [1.807, 2.05) is 0 Å². The maximum absolute atomic E-state index is 10.4. The van der Waals surface area contributed by atoms with E-state index in [-0.39, 0.29) is 5.69 Å². The second kappa shape index (κ2) is 3.92. The molecule has 0 aliphatic heterocycles. The molecule has 0 atom stereocenters. The standard InChI is InChI=1S/C7H7ClN2O2/c8-3-1-4-10-5-2-6(9-10)7(11)12/h1-3,5H,4H2,(H,11,12). The van der Waals surface area contributed by atoms with Gasteiger partial charge in [-0.25, -0.2) is 4.79 Å². The molecule has 0 radical (unpaired) electrons. The third-order valence-electron chi connectivity index (χ3n) is 1.24. The highest BCUT2D eigenvalue weighted by atomic mass is 35.5. The summed E-state index contributed by atoms with van der Waals surface area (Å²) in [4.78, 5) is 10.4. The Morgan fingerprint density at radius 2 is 2.58 bits per heavy atom. The first kappa shape index (κ1) is 8.80. The molecular weight excluding hydrogens is 180 g/mol. The number of aromatic carboxylic acids is 1. The lowest BCUT2D eigenvalue weighted by Crippen LogP contribution is -2.01. The molecule has 1 aromatic heterocycles. The van der Waals surface area contributed by atoms with Crippen LogP contribution in [0.25, 0.3) is 0 Å². The molecule has 0 saturated carbocycles. The molecule has 0 amide bonds. The van der Waals surface area contributed by atoms with Crippen molar-refractivity contribution < 1.29 is 9.90 Å². The van der Waals surface area contributed by atoms with Gasteiger partial charge in [0.15, 0.2) is 5.69 Å². The van der Waals surface area contributed by atoms with Crippen LogP contribution in [0.1, 0.15) is 10.5 Å². The van der Waals surface area contributed by atoms with Crippen LogP contribution in [-0.2, 0) is 6.54 Å². The molecule has 64 valence electrons. The van der Waals surface area contributed by atoms with Crippen LogP contribution >= 0.6 is 11.6 Å². The number of hydrogen-bond donors (Lipinski definition) is 1. The Hall–Kier alpha value is -1.29. The van der Waals surface area contributed by atoms with Gasteiger partial charge in [-0.1, -0.05) is 17.7 Å². The number of allylic oxidation sites excluding steroid dienone is 1. The Morgan fingerprint density at radius 1 is 1.83 bits per heavy atom. The quantitative estimate of drug-likeness (QED) is 0.775. The van der Waals surface area contributed by atoms with Crippen molar-refractivity contribution in [1.29, 1.82) is 0 Å². The van der Waals surface area contributed by atoms with E-state index in [4.69, 9.17) is 16.7 Å². The third kappa shape index (κ3) is 2.10. The summed E-state index contributed by atoms with van der Waals surface area (Å²) < 4.78 is 1.49. The molecule has 5 heteroatoms. The van der Waals surface area contributed by atoms with E-state index in [0.717, 1.165) is 0 Å².